The van der Waals surface area contributed by atoms with Gasteiger partial charge in [0.1, 0.15) is 35.4 Å². The molecular formula is C40H50ClFN8O5. The molecule has 13 nitrogen and oxygen atoms in total. The van der Waals surface area contributed by atoms with Crippen molar-refractivity contribution >= 4 is 45.9 Å². The minimum absolute atomic E-state index is 0.128. The third-order valence-electron chi connectivity index (χ3n) is 13.3. The molecule has 55 heavy (non-hydrogen) atoms. The van der Waals surface area contributed by atoms with Crippen LogP contribution in [-0.4, -0.2) is 122 Å². The summed E-state index contributed by atoms with van der Waals surface area (Å²) in [5.74, 6) is 0.295. The lowest BCUT2D eigenvalue weighted by Crippen LogP contribution is -2.87. The van der Waals surface area contributed by atoms with Crippen molar-refractivity contribution in [2.24, 2.45) is 0 Å². The predicted octanol–water partition coefficient (Wildman–Crippen LogP) is 5.39. The number of rotatable bonds is 7. The Morgan fingerprint density at radius 1 is 1.09 bits per heavy atom. The Labute approximate surface area is 325 Å². The van der Waals surface area contributed by atoms with Crippen LogP contribution in [0, 0.1) is 6.92 Å². The molecule has 2 aromatic heterocycles. The molecule has 7 aliphatic heterocycles. The molecule has 3 unspecified atom stereocenters. The number of alkyl halides is 1. The van der Waals surface area contributed by atoms with E-state index in [1.54, 1.807) is 11.1 Å². The van der Waals surface area contributed by atoms with Crippen LogP contribution in [0.3, 0.4) is 0 Å². The van der Waals surface area contributed by atoms with E-state index in [1.807, 2.05) is 38.4 Å². The summed E-state index contributed by atoms with van der Waals surface area (Å²) in [6, 6.07) is 2.49. The molecule has 0 N–H and O–H groups in total. The van der Waals surface area contributed by atoms with E-state index < -0.39 is 22.9 Å². The van der Waals surface area contributed by atoms with E-state index in [2.05, 4.69) is 14.7 Å². The van der Waals surface area contributed by atoms with Crippen LogP contribution in [0.2, 0.25) is 5.02 Å². The Bertz CT molecular complexity index is 2070. The molecule has 10 rings (SSSR count). The number of piperazine rings is 1. The maximum Gasteiger partial charge on any atom is 0.327 e. The van der Waals surface area contributed by atoms with E-state index in [1.165, 1.54) is 0 Å². The third-order valence-corrected chi connectivity index (χ3v) is 13.8. The molecule has 0 saturated carbocycles. The summed E-state index contributed by atoms with van der Waals surface area (Å²) in [7, 11) is 0. The topological polar surface area (TPSA) is 118 Å². The van der Waals surface area contributed by atoms with Gasteiger partial charge < -0.3 is 24.0 Å². The molecule has 3 aromatic rings. The maximum atomic E-state index is 14.9. The van der Waals surface area contributed by atoms with Crippen LogP contribution in [0.25, 0.3) is 10.9 Å². The van der Waals surface area contributed by atoms with Crippen LogP contribution in [0.1, 0.15) is 100.0 Å². The quantitative estimate of drug-likeness (QED) is 0.288. The van der Waals surface area contributed by atoms with Gasteiger partial charge in [0.05, 0.1) is 28.0 Å². The van der Waals surface area contributed by atoms with Gasteiger partial charge in [-0.25, -0.2) is 9.07 Å². The van der Waals surface area contributed by atoms with Gasteiger partial charge in [-0.15, -0.1) is 0 Å². The molecule has 6 saturated heterocycles. The fraction of sp³-hybridized carbons (Fsp3) is 0.675. The molecule has 9 heterocycles. The number of fused-ring (bicyclic) bond motifs is 3. The first kappa shape index (κ1) is 35.8. The van der Waals surface area contributed by atoms with E-state index in [4.69, 9.17) is 40.9 Å². The molecule has 15 heteroatoms. The number of hydrogen-bond donors (Lipinski definition) is 0. The summed E-state index contributed by atoms with van der Waals surface area (Å²) in [5, 5.41) is 6.04. The summed E-state index contributed by atoms with van der Waals surface area (Å²) in [4.78, 5) is 46.6. The SMILES string of the molecule is Cc1cc2c(cnn2C2CCCCO2)c(N2CCc3c(nc(OC[C@@]45CCCN4C[C@H](F)C5)nc3N3CC4CC5(C(=O)OC(C)(C)C)CC(C3)N45)C2=O)c1Cl. The lowest BCUT2D eigenvalue weighted by atomic mass is 9.62. The van der Waals surface area contributed by atoms with E-state index in [0.29, 0.717) is 67.8 Å². The number of benzene rings is 1. The third kappa shape index (κ3) is 5.59. The monoisotopic (exact) mass is 776 g/mol. The summed E-state index contributed by atoms with van der Waals surface area (Å²) < 4.78 is 35.0. The molecule has 0 bridgehead atoms. The zero-order chi connectivity index (χ0) is 38.0. The van der Waals surface area contributed by atoms with E-state index >= 15 is 0 Å². The van der Waals surface area contributed by atoms with Crippen molar-refractivity contribution in [3.8, 4) is 6.01 Å². The van der Waals surface area contributed by atoms with Crippen molar-refractivity contribution in [1.82, 2.24) is 29.5 Å². The number of hydrogen-bond acceptors (Lipinski definition) is 11. The summed E-state index contributed by atoms with van der Waals surface area (Å²) in [6.45, 7) is 11.6. The van der Waals surface area contributed by atoms with Crippen LogP contribution in [0.4, 0.5) is 15.9 Å². The average molecular weight is 777 g/mol. The molecule has 5 atom stereocenters. The van der Waals surface area contributed by atoms with Gasteiger partial charge >= 0.3 is 12.0 Å². The lowest BCUT2D eigenvalue weighted by molar-refractivity contribution is -0.233. The number of anilines is 2. The Kier molecular flexibility index (Phi) is 8.27. The van der Waals surface area contributed by atoms with Gasteiger partial charge in [0.25, 0.3) is 5.91 Å². The van der Waals surface area contributed by atoms with Gasteiger partial charge in [0.2, 0.25) is 0 Å². The number of halogens is 2. The Morgan fingerprint density at radius 3 is 2.64 bits per heavy atom. The van der Waals surface area contributed by atoms with Crippen LogP contribution in [0.15, 0.2) is 12.3 Å². The first-order chi connectivity index (χ1) is 26.3. The first-order valence-corrected chi connectivity index (χ1v) is 20.5. The van der Waals surface area contributed by atoms with Crippen LogP contribution in [-0.2, 0) is 20.7 Å². The second-order valence-corrected chi connectivity index (χ2v) is 18.4. The van der Waals surface area contributed by atoms with Gasteiger partial charge in [-0.05, 0) is 97.2 Å². The van der Waals surface area contributed by atoms with Crippen molar-refractivity contribution in [2.45, 2.75) is 127 Å². The number of piperidine rings is 1. The van der Waals surface area contributed by atoms with E-state index in [9.17, 15) is 14.0 Å². The molecule has 7 aliphatic rings. The smallest absolute Gasteiger partial charge is 0.327 e. The van der Waals surface area contributed by atoms with Crippen molar-refractivity contribution in [2.75, 3.05) is 55.7 Å². The number of aryl methyl sites for hydroxylation is 1. The largest absolute Gasteiger partial charge is 0.461 e. The van der Waals surface area contributed by atoms with Crippen molar-refractivity contribution in [1.29, 1.82) is 0 Å². The fourth-order valence-corrected chi connectivity index (χ4v) is 11.2. The summed E-state index contributed by atoms with van der Waals surface area (Å²) in [6.07, 6.45) is 7.92. The second kappa shape index (κ2) is 12.7. The minimum Gasteiger partial charge on any atom is -0.461 e. The van der Waals surface area contributed by atoms with Crippen LogP contribution in [0.5, 0.6) is 6.01 Å². The number of ether oxygens (including phenoxy) is 3. The van der Waals surface area contributed by atoms with Crippen molar-refractivity contribution in [3.63, 3.8) is 0 Å². The van der Waals surface area contributed by atoms with Gasteiger partial charge in [0.15, 0.2) is 6.23 Å². The molecule has 294 valence electrons. The molecule has 0 radical (unpaired) electrons. The highest BCUT2D eigenvalue weighted by molar-refractivity contribution is 6.37. The molecule has 1 aromatic carbocycles. The number of carbonyl (C=O) groups excluding carboxylic acids is 2. The van der Waals surface area contributed by atoms with Crippen molar-refractivity contribution in [3.05, 3.63) is 34.1 Å². The van der Waals surface area contributed by atoms with Gasteiger partial charge in [-0.3, -0.25) is 19.4 Å². The highest BCUT2D eigenvalue weighted by Crippen LogP contribution is 2.55. The van der Waals surface area contributed by atoms with Gasteiger partial charge in [-0.1, -0.05) is 11.6 Å². The Balaban J connectivity index is 0.990. The Hall–Kier alpha value is -3.59. The van der Waals surface area contributed by atoms with E-state index in [0.717, 1.165) is 73.5 Å². The highest BCUT2D eigenvalue weighted by atomic mass is 35.5. The predicted molar refractivity (Wildman–Crippen MR) is 204 cm³/mol. The first-order valence-electron chi connectivity index (χ1n) is 20.1. The zero-order valence-electron chi connectivity index (χ0n) is 32.2. The molecule has 6 fully saturated rings. The number of carbonyl (C=O) groups is 2. The van der Waals surface area contributed by atoms with Crippen molar-refractivity contribution < 1.29 is 28.2 Å². The lowest BCUT2D eigenvalue weighted by Gasteiger charge is -2.72. The normalized spacial score (nSPS) is 31.9. The number of amides is 1. The van der Waals surface area contributed by atoms with Crippen LogP contribution >= 0.6 is 11.6 Å². The summed E-state index contributed by atoms with van der Waals surface area (Å²) >= 11 is 7.09. The number of esters is 1. The zero-order valence-corrected chi connectivity index (χ0v) is 32.9. The number of nitrogens with zero attached hydrogens (tertiary/aromatic N) is 8. The molecule has 0 aliphatic carbocycles. The molecule has 0 spiro atoms. The van der Waals surface area contributed by atoms with Gasteiger partial charge in [-0.2, -0.15) is 15.1 Å². The van der Waals surface area contributed by atoms with Gasteiger partial charge in [0, 0.05) is 62.2 Å². The average Bonchev–Trinajstić information content (AvgIpc) is 3.80. The number of aromatic nitrogens is 4. The fourth-order valence-electron chi connectivity index (χ4n) is 10.9. The molecular weight excluding hydrogens is 727 g/mol. The van der Waals surface area contributed by atoms with Crippen LogP contribution < -0.4 is 14.5 Å². The molecule has 1 amide bonds. The summed E-state index contributed by atoms with van der Waals surface area (Å²) in [5.41, 5.74) is 1.94. The van der Waals surface area contributed by atoms with E-state index in [-0.39, 0.29) is 42.8 Å². The standard InChI is InChI=1S/C40H50ClFN8O5/c1-23-14-29-28(18-43-50(29)30-8-5-6-13-53-30)33(31(23)41)48-12-9-27-32(35(48)51)44-37(54-22-39-10-7-11-47(39)19-24(42)15-39)45-34(27)46-20-25-16-40(17-26(21-46)49(25)40)36(52)55-38(2,3)4/h14,18,24-26,30H,5-13,15-17,19-22H2,1-4H3/t24-,25?,26?,30?,39+,40?/m1/s1. The minimum atomic E-state index is -0.891. The Morgan fingerprint density at radius 2 is 1.89 bits per heavy atom. The maximum absolute atomic E-state index is 14.9. The second-order valence-electron chi connectivity index (χ2n) is 18.0. The highest BCUT2D eigenvalue weighted by Gasteiger charge is 2.70.